The topological polar surface area (TPSA) is 8.17 Å². The number of hydrogen-bond donors (Lipinski definition) is 0. The standard InChI is InChI=1S/C15H18N2S/c1-11-14(10-16(3)4)13-8-6-7-9-15(13)17(11)12(2)18-5/h6-10H,1-2H2,3-5H3/b14-10+. The number of thioether (sulfide) groups is 1. The van der Waals surface area contributed by atoms with Gasteiger partial charge in [-0.05, 0) is 12.3 Å². The van der Waals surface area contributed by atoms with E-state index >= 15 is 0 Å². The first-order valence-electron chi connectivity index (χ1n) is 5.76. The molecule has 2 aromatic rings. The molecule has 0 aliphatic rings. The Labute approximate surface area is 112 Å². The molecule has 18 heavy (non-hydrogen) atoms. The van der Waals surface area contributed by atoms with Crippen molar-refractivity contribution in [2.75, 3.05) is 20.4 Å². The SMILES string of the molecule is C=C(SC)n1c(=C)/c(=C\N(C)C)c2ccccc21. The summed E-state index contributed by atoms with van der Waals surface area (Å²) in [6, 6.07) is 8.34. The zero-order valence-corrected chi connectivity index (χ0v) is 11.9. The Morgan fingerprint density at radius 1 is 1.33 bits per heavy atom. The molecular formula is C15H18N2S. The van der Waals surface area contributed by atoms with Gasteiger partial charge in [0, 0.05) is 36.2 Å². The fourth-order valence-corrected chi connectivity index (χ4v) is 2.49. The van der Waals surface area contributed by atoms with Gasteiger partial charge in [0.25, 0.3) is 0 Å². The van der Waals surface area contributed by atoms with Crippen molar-refractivity contribution < 1.29 is 0 Å². The zero-order valence-electron chi connectivity index (χ0n) is 11.1. The lowest BCUT2D eigenvalue weighted by molar-refractivity contribution is 0.614. The van der Waals surface area contributed by atoms with Crippen LogP contribution in [-0.4, -0.2) is 29.8 Å². The van der Waals surface area contributed by atoms with Crippen molar-refractivity contribution in [1.29, 1.82) is 0 Å². The highest BCUT2D eigenvalue weighted by atomic mass is 32.2. The molecule has 0 aliphatic carbocycles. The lowest BCUT2D eigenvalue weighted by Gasteiger charge is -2.06. The molecule has 0 N–H and O–H groups in total. The van der Waals surface area contributed by atoms with E-state index in [1.807, 2.05) is 31.3 Å². The molecule has 0 atom stereocenters. The molecule has 1 aromatic carbocycles. The smallest absolute Gasteiger partial charge is 0.0723 e. The van der Waals surface area contributed by atoms with E-state index in [2.05, 4.69) is 42.1 Å². The second kappa shape index (κ2) is 4.94. The van der Waals surface area contributed by atoms with Crippen LogP contribution in [0.25, 0.3) is 28.7 Å². The van der Waals surface area contributed by atoms with Gasteiger partial charge in [0.15, 0.2) is 0 Å². The van der Waals surface area contributed by atoms with Crippen LogP contribution in [0.2, 0.25) is 0 Å². The summed E-state index contributed by atoms with van der Waals surface area (Å²) in [5.74, 6) is 0. The van der Waals surface area contributed by atoms with Crippen molar-refractivity contribution in [2.45, 2.75) is 0 Å². The van der Waals surface area contributed by atoms with Crippen LogP contribution >= 0.6 is 11.8 Å². The van der Waals surface area contributed by atoms with E-state index < -0.39 is 0 Å². The highest BCUT2D eigenvalue weighted by Gasteiger charge is 2.07. The van der Waals surface area contributed by atoms with Gasteiger partial charge < -0.3 is 9.47 Å². The average molecular weight is 258 g/mol. The van der Waals surface area contributed by atoms with Crippen molar-refractivity contribution in [1.82, 2.24) is 9.47 Å². The minimum Gasteiger partial charge on any atom is -0.383 e. The molecule has 0 fully saturated rings. The summed E-state index contributed by atoms with van der Waals surface area (Å²) in [7, 11) is 4.05. The molecule has 0 radical (unpaired) electrons. The Kier molecular flexibility index (Phi) is 3.53. The first kappa shape index (κ1) is 12.8. The largest absolute Gasteiger partial charge is 0.383 e. The molecule has 0 unspecified atom stereocenters. The predicted molar refractivity (Wildman–Crippen MR) is 83.7 cm³/mol. The number of fused-ring (bicyclic) bond motifs is 1. The number of nitrogens with zero attached hydrogens (tertiary/aromatic N) is 2. The summed E-state index contributed by atoms with van der Waals surface area (Å²) in [6.07, 6.45) is 4.14. The van der Waals surface area contributed by atoms with E-state index in [-0.39, 0.29) is 0 Å². The summed E-state index contributed by atoms with van der Waals surface area (Å²) in [5, 5.41) is 4.36. The normalized spacial score (nSPS) is 12.1. The maximum Gasteiger partial charge on any atom is 0.0723 e. The van der Waals surface area contributed by atoms with E-state index in [1.165, 1.54) is 5.39 Å². The summed E-state index contributed by atoms with van der Waals surface area (Å²) in [6.45, 7) is 8.32. The maximum atomic E-state index is 4.21. The molecule has 2 nitrogen and oxygen atoms in total. The molecule has 0 aliphatic heterocycles. The third-order valence-corrected chi connectivity index (χ3v) is 3.54. The van der Waals surface area contributed by atoms with Crippen molar-refractivity contribution in [2.24, 2.45) is 0 Å². The van der Waals surface area contributed by atoms with Gasteiger partial charge in [-0.3, -0.25) is 0 Å². The van der Waals surface area contributed by atoms with Crippen molar-refractivity contribution in [3.63, 3.8) is 0 Å². The summed E-state index contributed by atoms with van der Waals surface area (Å²) in [5.41, 5.74) is 1.16. The third-order valence-electron chi connectivity index (χ3n) is 2.89. The lowest BCUT2D eigenvalue weighted by atomic mass is 10.2. The fraction of sp³-hybridized carbons (Fsp3) is 0.200. The molecule has 2 rings (SSSR count). The number of benzene rings is 1. The second-order valence-corrected chi connectivity index (χ2v) is 5.28. The van der Waals surface area contributed by atoms with Crippen LogP contribution in [0.1, 0.15) is 0 Å². The quantitative estimate of drug-likeness (QED) is 0.833. The molecule has 1 heterocycles. The predicted octanol–water partition coefficient (Wildman–Crippen LogP) is 2.14. The van der Waals surface area contributed by atoms with Gasteiger partial charge in [0.05, 0.1) is 10.5 Å². The Hall–Kier alpha value is -1.61. The summed E-state index contributed by atoms with van der Waals surface area (Å²) < 4.78 is 2.12. The number of aromatic nitrogens is 1. The van der Waals surface area contributed by atoms with E-state index in [9.17, 15) is 0 Å². The summed E-state index contributed by atoms with van der Waals surface area (Å²) in [4.78, 5) is 2.04. The van der Waals surface area contributed by atoms with Crippen LogP contribution in [0.3, 0.4) is 0 Å². The van der Waals surface area contributed by atoms with Gasteiger partial charge in [0.2, 0.25) is 0 Å². The van der Waals surface area contributed by atoms with E-state index in [1.54, 1.807) is 11.8 Å². The average Bonchev–Trinajstić information content (AvgIpc) is 2.62. The number of rotatable bonds is 3. The van der Waals surface area contributed by atoms with Crippen LogP contribution < -0.4 is 10.6 Å². The molecule has 1 aromatic heterocycles. The molecule has 0 bridgehead atoms. The summed E-state index contributed by atoms with van der Waals surface area (Å²) >= 11 is 1.64. The zero-order chi connectivity index (χ0) is 13.3. The first-order valence-corrected chi connectivity index (χ1v) is 6.98. The number of hydrogen-bond acceptors (Lipinski definition) is 2. The van der Waals surface area contributed by atoms with Crippen molar-refractivity contribution >= 4 is 40.5 Å². The molecule has 3 heteroatoms. The third kappa shape index (κ3) is 2.06. The molecular weight excluding hydrogens is 240 g/mol. The van der Waals surface area contributed by atoms with Gasteiger partial charge in [-0.25, -0.2) is 0 Å². The minimum absolute atomic E-state index is 0.990. The van der Waals surface area contributed by atoms with E-state index in [4.69, 9.17) is 0 Å². The van der Waals surface area contributed by atoms with Crippen LogP contribution in [0.5, 0.6) is 0 Å². The van der Waals surface area contributed by atoms with Gasteiger partial charge in [-0.1, -0.05) is 31.4 Å². The first-order chi connectivity index (χ1) is 8.56. The molecule has 0 amide bonds. The fourth-order valence-electron chi connectivity index (χ4n) is 2.10. The Balaban J connectivity index is 2.94. The highest BCUT2D eigenvalue weighted by molar-refractivity contribution is 8.07. The van der Waals surface area contributed by atoms with Gasteiger partial charge >= 0.3 is 0 Å². The molecule has 0 saturated heterocycles. The van der Waals surface area contributed by atoms with Crippen LogP contribution in [0.15, 0.2) is 30.8 Å². The Bertz CT molecular complexity index is 695. The molecule has 0 saturated carbocycles. The minimum atomic E-state index is 0.990. The van der Waals surface area contributed by atoms with E-state index in [0.717, 1.165) is 21.1 Å². The monoisotopic (exact) mass is 258 g/mol. The Morgan fingerprint density at radius 2 is 2.00 bits per heavy atom. The molecule has 0 spiro atoms. The van der Waals surface area contributed by atoms with Gasteiger partial charge in [-0.15, -0.1) is 11.8 Å². The van der Waals surface area contributed by atoms with Crippen molar-refractivity contribution in [3.05, 3.63) is 41.4 Å². The second-order valence-electron chi connectivity index (χ2n) is 4.40. The van der Waals surface area contributed by atoms with Crippen LogP contribution in [0, 0.1) is 0 Å². The van der Waals surface area contributed by atoms with E-state index in [0.29, 0.717) is 0 Å². The lowest BCUT2D eigenvalue weighted by Crippen LogP contribution is -2.28. The van der Waals surface area contributed by atoms with Gasteiger partial charge in [-0.2, -0.15) is 0 Å². The number of para-hydroxylation sites is 1. The maximum absolute atomic E-state index is 4.21. The van der Waals surface area contributed by atoms with Crippen LogP contribution in [-0.2, 0) is 0 Å². The van der Waals surface area contributed by atoms with Gasteiger partial charge in [0.1, 0.15) is 0 Å². The highest BCUT2D eigenvalue weighted by Crippen LogP contribution is 2.18. The van der Waals surface area contributed by atoms with Crippen molar-refractivity contribution in [3.8, 4) is 0 Å². The van der Waals surface area contributed by atoms with Crippen LogP contribution in [0.4, 0.5) is 0 Å². The Morgan fingerprint density at radius 3 is 2.61 bits per heavy atom. The molecule has 94 valence electrons.